The molecule has 1 saturated carbocycles. The van der Waals surface area contributed by atoms with Crippen molar-refractivity contribution in [1.29, 1.82) is 0 Å². The number of amides is 1. The second-order valence-corrected chi connectivity index (χ2v) is 6.47. The van der Waals surface area contributed by atoms with Crippen molar-refractivity contribution in [3.63, 3.8) is 0 Å². The molecule has 3 rings (SSSR count). The molecular weight excluding hydrogens is 296 g/mol. The van der Waals surface area contributed by atoms with Crippen LogP contribution in [0.3, 0.4) is 0 Å². The van der Waals surface area contributed by atoms with E-state index in [0.717, 1.165) is 12.8 Å². The van der Waals surface area contributed by atoms with Gasteiger partial charge in [0.15, 0.2) is 0 Å². The van der Waals surface area contributed by atoms with E-state index >= 15 is 0 Å². The maximum absolute atomic E-state index is 12.2. The highest BCUT2D eigenvalue weighted by Crippen LogP contribution is 2.22. The molecule has 1 aromatic rings. The lowest BCUT2D eigenvalue weighted by atomic mass is 9.98. The molecule has 0 aromatic carbocycles. The summed E-state index contributed by atoms with van der Waals surface area (Å²) in [7, 11) is 0. The van der Waals surface area contributed by atoms with Crippen molar-refractivity contribution in [2.75, 3.05) is 19.8 Å². The summed E-state index contributed by atoms with van der Waals surface area (Å²) in [4.78, 5) is 16.4. The molecule has 23 heavy (non-hydrogen) atoms. The first-order chi connectivity index (χ1) is 11.1. The van der Waals surface area contributed by atoms with Gasteiger partial charge < -0.3 is 19.9 Å². The van der Waals surface area contributed by atoms with Crippen LogP contribution in [0.25, 0.3) is 0 Å². The fourth-order valence-corrected chi connectivity index (χ4v) is 3.05. The highest BCUT2D eigenvalue weighted by atomic mass is 16.5. The van der Waals surface area contributed by atoms with Gasteiger partial charge in [-0.1, -0.05) is 6.42 Å². The number of aliphatic hydroxyl groups is 1. The molecule has 0 unspecified atom stereocenters. The van der Waals surface area contributed by atoms with Crippen LogP contribution < -0.4 is 10.1 Å². The van der Waals surface area contributed by atoms with Crippen LogP contribution in [0.5, 0.6) is 5.88 Å². The van der Waals surface area contributed by atoms with Crippen LogP contribution in [0.15, 0.2) is 18.3 Å². The van der Waals surface area contributed by atoms with Gasteiger partial charge in [-0.15, -0.1) is 0 Å². The number of nitrogens with zero attached hydrogens (tertiary/aromatic N) is 1. The van der Waals surface area contributed by atoms with Gasteiger partial charge in [-0.2, -0.15) is 0 Å². The lowest BCUT2D eigenvalue weighted by molar-refractivity contribution is 0.0264. The Morgan fingerprint density at radius 2 is 2.26 bits per heavy atom. The maximum atomic E-state index is 12.2. The summed E-state index contributed by atoms with van der Waals surface area (Å²) in [6.45, 7) is 0.980. The van der Waals surface area contributed by atoms with Crippen LogP contribution in [0.4, 0.5) is 0 Å². The minimum Gasteiger partial charge on any atom is -0.474 e. The lowest BCUT2D eigenvalue weighted by Gasteiger charge is -2.22. The first-order valence-corrected chi connectivity index (χ1v) is 8.36. The topological polar surface area (TPSA) is 80.7 Å². The summed E-state index contributed by atoms with van der Waals surface area (Å²) >= 11 is 0. The van der Waals surface area contributed by atoms with E-state index in [2.05, 4.69) is 10.3 Å². The number of aromatic nitrogens is 1. The third-order valence-electron chi connectivity index (χ3n) is 4.50. The van der Waals surface area contributed by atoms with Gasteiger partial charge in [-0.25, -0.2) is 4.98 Å². The molecule has 6 heteroatoms. The normalized spacial score (nSPS) is 25.3. The van der Waals surface area contributed by atoms with Gasteiger partial charge in [0, 0.05) is 37.4 Å². The molecule has 2 fully saturated rings. The number of hydrogen-bond acceptors (Lipinski definition) is 5. The zero-order valence-electron chi connectivity index (χ0n) is 13.3. The highest BCUT2D eigenvalue weighted by Gasteiger charge is 2.32. The second-order valence-electron chi connectivity index (χ2n) is 6.47. The van der Waals surface area contributed by atoms with Crippen molar-refractivity contribution in [2.24, 2.45) is 0 Å². The molecule has 1 aliphatic heterocycles. The van der Waals surface area contributed by atoms with Crippen LogP contribution in [0.1, 0.15) is 48.9 Å². The average molecular weight is 320 g/mol. The van der Waals surface area contributed by atoms with Gasteiger partial charge in [0.25, 0.3) is 5.91 Å². The van der Waals surface area contributed by atoms with Crippen LogP contribution in [0, 0.1) is 0 Å². The smallest absolute Gasteiger partial charge is 0.251 e. The number of carbonyl (C=O) groups is 1. The Morgan fingerprint density at radius 1 is 1.43 bits per heavy atom. The largest absolute Gasteiger partial charge is 0.474 e. The van der Waals surface area contributed by atoms with E-state index in [1.54, 1.807) is 18.3 Å². The van der Waals surface area contributed by atoms with Crippen molar-refractivity contribution in [3.05, 3.63) is 23.9 Å². The van der Waals surface area contributed by atoms with Crippen molar-refractivity contribution in [2.45, 2.75) is 50.2 Å². The van der Waals surface area contributed by atoms with Crippen LogP contribution in [-0.4, -0.2) is 47.5 Å². The molecule has 0 radical (unpaired) electrons. The number of hydrogen-bond donors (Lipinski definition) is 2. The molecule has 126 valence electrons. The predicted octanol–water partition coefficient (Wildman–Crippen LogP) is 1.67. The zero-order chi connectivity index (χ0) is 16.1. The Kier molecular flexibility index (Phi) is 5.13. The minimum absolute atomic E-state index is 0.187. The molecule has 1 atom stereocenters. The predicted molar refractivity (Wildman–Crippen MR) is 84.5 cm³/mol. The Bertz CT molecular complexity index is 537. The standard InChI is InChI=1S/C17H24N2O4/c20-16(19-11-17(21)7-9-22-12-17)13-6-8-18-15(10-13)23-14-4-2-1-3-5-14/h6,8,10,14,21H,1-5,7,9,11-12H2,(H,19,20)/t17-/m1/s1. The SMILES string of the molecule is O=C(NC[C@]1(O)CCOC1)c1ccnc(OC2CCCCC2)c1. The van der Waals surface area contributed by atoms with Crippen molar-refractivity contribution in [1.82, 2.24) is 10.3 Å². The van der Waals surface area contributed by atoms with Crippen LogP contribution in [0.2, 0.25) is 0 Å². The number of pyridine rings is 1. The summed E-state index contributed by atoms with van der Waals surface area (Å²) in [5.41, 5.74) is -0.460. The molecule has 1 aliphatic carbocycles. The van der Waals surface area contributed by atoms with Gasteiger partial charge in [0.2, 0.25) is 5.88 Å². The summed E-state index contributed by atoms with van der Waals surface area (Å²) in [5.74, 6) is 0.258. The Labute approximate surface area is 136 Å². The van der Waals surface area contributed by atoms with E-state index in [1.807, 2.05) is 0 Å². The third-order valence-corrected chi connectivity index (χ3v) is 4.50. The zero-order valence-corrected chi connectivity index (χ0v) is 13.3. The van der Waals surface area contributed by atoms with Crippen LogP contribution >= 0.6 is 0 Å². The molecule has 2 aliphatic rings. The molecule has 1 amide bonds. The van der Waals surface area contributed by atoms with E-state index in [9.17, 15) is 9.90 Å². The van der Waals surface area contributed by atoms with E-state index in [0.29, 0.717) is 24.5 Å². The Morgan fingerprint density at radius 3 is 3.00 bits per heavy atom. The van der Waals surface area contributed by atoms with Gasteiger partial charge in [0.1, 0.15) is 11.7 Å². The summed E-state index contributed by atoms with van der Waals surface area (Å²) in [5, 5.41) is 12.9. The quantitative estimate of drug-likeness (QED) is 0.862. The van der Waals surface area contributed by atoms with E-state index in [-0.39, 0.29) is 25.2 Å². The first kappa shape index (κ1) is 16.2. The molecule has 0 bridgehead atoms. The van der Waals surface area contributed by atoms with Gasteiger partial charge in [-0.05, 0) is 31.7 Å². The first-order valence-electron chi connectivity index (χ1n) is 8.36. The van der Waals surface area contributed by atoms with E-state index < -0.39 is 5.60 Å². The van der Waals surface area contributed by atoms with E-state index in [4.69, 9.17) is 9.47 Å². The fraction of sp³-hybridized carbons (Fsp3) is 0.647. The van der Waals surface area contributed by atoms with Gasteiger partial charge in [0.05, 0.1) is 6.61 Å². The lowest BCUT2D eigenvalue weighted by Crippen LogP contribution is -2.43. The molecule has 0 spiro atoms. The van der Waals surface area contributed by atoms with E-state index in [1.165, 1.54) is 19.3 Å². The Balaban J connectivity index is 1.56. The average Bonchev–Trinajstić information content (AvgIpc) is 3.01. The van der Waals surface area contributed by atoms with Crippen molar-refractivity contribution in [3.8, 4) is 5.88 Å². The Hall–Kier alpha value is -1.66. The number of rotatable bonds is 5. The molecule has 6 nitrogen and oxygen atoms in total. The van der Waals surface area contributed by atoms with Gasteiger partial charge in [-0.3, -0.25) is 4.79 Å². The summed E-state index contributed by atoms with van der Waals surface area (Å²) in [6, 6.07) is 3.32. The highest BCUT2D eigenvalue weighted by molar-refractivity contribution is 5.94. The molecule has 1 aromatic heterocycles. The monoisotopic (exact) mass is 320 g/mol. The molecular formula is C17H24N2O4. The second kappa shape index (κ2) is 7.27. The molecule has 2 heterocycles. The minimum atomic E-state index is -0.954. The molecule has 1 saturated heterocycles. The fourth-order valence-electron chi connectivity index (χ4n) is 3.05. The summed E-state index contributed by atoms with van der Waals surface area (Å²) in [6.07, 6.45) is 8.06. The van der Waals surface area contributed by atoms with Crippen molar-refractivity contribution < 1.29 is 19.4 Å². The maximum Gasteiger partial charge on any atom is 0.251 e. The molecule has 2 N–H and O–H groups in total. The van der Waals surface area contributed by atoms with Gasteiger partial charge >= 0.3 is 0 Å². The summed E-state index contributed by atoms with van der Waals surface area (Å²) < 4.78 is 11.1. The number of carbonyl (C=O) groups excluding carboxylic acids is 1. The third kappa shape index (κ3) is 4.42. The van der Waals surface area contributed by atoms with Crippen LogP contribution in [-0.2, 0) is 4.74 Å². The number of nitrogens with one attached hydrogen (secondary N) is 1. The van der Waals surface area contributed by atoms with Crippen molar-refractivity contribution >= 4 is 5.91 Å². The number of ether oxygens (including phenoxy) is 2.